The molecule has 5 rings (SSSR count). The molecule has 0 aliphatic carbocycles. The lowest BCUT2D eigenvalue weighted by molar-refractivity contribution is 0.0945. The summed E-state index contributed by atoms with van der Waals surface area (Å²) in [7, 11) is 3.50. The van der Waals surface area contributed by atoms with Crippen molar-refractivity contribution >= 4 is 27.5 Å². The Morgan fingerprint density at radius 1 is 1.20 bits per heavy atom. The topological polar surface area (TPSA) is 74.0 Å². The van der Waals surface area contributed by atoms with E-state index in [0.717, 1.165) is 27.0 Å². The molecule has 178 valence electrons. The third kappa shape index (κ3) is 4.42. The molecule has 0 saturated carbocycles. The van der Waals surface area contributed by atoms with E-state index in [1.165, 1.54) is 23.5 Å². The van der Waals surface area contributed by atoms with Gasteiger partial charge in [-0.15, -0.1) is 11.3 Å². The average Bonchev–Trinajstić information content (AvgIpc) is 3.56. The number of benzene rings is 2. The molecular weight excluding hydrogens is 465 g/mol. The van der Waals surface area contributed by atoms with Gasteiger partial charge in [0.05, 0.1) is 24.2 Å². The zero-order valence-electron chi connectivity index (χ0n) is 19.5. The second-order valence-corrected chi connectivity index (χ2v) is 9.27. The molecule has 1 N–H and O–H groups in total. The maximum Gasteiger partial charge on any atom is 0.262 e. The van der Waals surface area contributed by atoms with E-state index >= 15 is 0 Å². The highest BCUT2D eigenvalue weighted by Gasteiger charge is 2.26. The number of aryl methyl sites for hydroxylation is 2. The Kier molecular flexibility index (Phi) is 6.08. The Labute approximate surface area is 205 Å². The van der Waals surface area contributed by atoms with Crippen molar-refractivity contribution in [3.63, 3.8) is 0 Å². The number of hydrogen-bond acceptors (Lipinski definition) is 5. The third-order valence-electron chi connectivity index (χ3n) is 5.92. The van der Waals surface area contributed by atoms with Gasteiger partial charge in [-0.25, -0.2) is 9.37 Å². The molecule has 9 heteroatoms. The van der Waals surface area contributed by atoms with E-state index in [4.69, 9.17) is 4.74 Å². The van der Waals surface area contributed by atoms with E-state index in [1.807, 2.05) is 59.7 Å². The number of carbonyl (C=O) groups is 1. The zero-order valence-corrected chi connectivity index (χ0v) is 20.3. The number of rotatable bonds is 7. The first-order valence-corrected chi connectivity index (χ1v) is 11.9. The fourth-order valence-corrected chi connectivity index (χ4v) is 5.20. The van der Waals surface area contributed by atoms with Crippen LogP contribution >= 0.6 is 11.3 Å². The standard InChI is InChI=1S/C26H24FN5O2S/c1-16-20-14-22(35-26(20)32(30-16)15-17-8-10-18(27)11-9-17)25(33)29-23(24-28-12-13-31(24)2)19-6-4-5-7-21(19)34-3/h4-14,23H,15H2,1-3H3,(H,29,33). The monoisotopic (exact) mass is 489 g/mol. The van der Waals surface area contributed by atoms with Crippen LogP contribution in [0.3, 0.4) is 0 Å². The predicted octanol–water partition coefficient (Wildman–Crippen LogP) is 4.86. The molecule has 1 unspecified atom stereocenters. The largest absolute Gasteiger partial charge is 0.496 e. The van der Waals surface area contributed by atoms with E-state index in [0.29, 0.717) is 23.0 Å². The molecule has 1 atom stereocenters. The van der Waals surface area contributed by atoms with Crippen molar-refractivity contribution in [2.45, 2.75) is 19.5 Å². The number of amides is 1. The van der Waals surface area contributed by atoms with Crippen molar-refractivity contribution in [3.8, 4) is 5.75 Å². The van der Waals surface area contributed by atoms with Gasteiger partial charge in [-0.05, 0) is 36.8 Å². The van der Waals surface area contributed by atoms with Crippen molar-refractivity contribution < 1.29 is 13.9 Å². The first-order valence-electron chi connectivity index (χ1n) is 11.1. The summed E-state index contributed by atoms with van der Waals surface area (Å²) < 4.78 is 22.6. The molecule has 3 heterocycles. The number of para-hydroxylation sites is 1. The van der Waals surface area contributed by atoms with Crippen LogP contribution < -0.4 is 10.1 Å². The Bertz CT molecular complexity index is 1500. The van der Waals surface area contributed by atoms with Gasteiger partial charge < -0.3 is 14.6 Å². The number of thiophene rings is 1. The molecule has 7 nitrogen and oxygen atoms in total. The van der Waals surface area contributed by atoms with Gasteiger partial charge in [-0.3, -0.25) is 9.48 Å². The summed E-state index contributed by atoms with van der Waals surface area (Å²) in [6, 6.07) is 15.3. The number of imidazole rings is 1. The quantitative estimate of drug-likeness (QED) is 0.355. The van der Waals surface area contributed by atoms with E-state index < -0.39 is 6.04 Å². The molecule has 0 aliphatic rings. The van der Waals surface area contributed by atoms with Gasteiger partial charge in [0.1, 0.15) is 28.3 Å². The number of fused-ring (bicyclic) bond motifs is 1. The van der Waals surface area contributed by atoms with Gasteiger partial charge in [0.2, 0.25) is 0 Å². The van der Waals surface area contributed by atoms with Crippen LogP contribution in [0.15, 0.2) is 67.0 Å². The number of nitrogens with one attached hydrogen (secondary N) is 1. The minimum Gasteiger partial charge on any atom is -0.496 e. The number of methoxy groups -OCH3 is 1. The fourth-order valence-electron chi connectivity index (χ4n) is 4.14. The van der Waals surface area contributed by atoms with Crippen LogP contribution in [0.4, 0.5) is 4.39 Å². The van der Waals surface area contributed by atoms with Crippen molar-refractivity contribution in [3.05, 3.63) is 100 Å². The second kappa shape index (κ2) is 9.34. The summed E-state index contributed by atoms with van der Waals surface area (Å²) in [5.41, 5.74) is 2.58. The van der Waals surface area contributed by atoms with E-state index in [9.17, 15) is 9.18 Å². The average molecular weight is 490 g/mol. The van der Waals surface area contributed by atoms with Crippen LogP contribution in [-0.2, 0) is 13.6 Å². The van der Waals surface area contributed by atoms with Crippen LogP contribution in [0.5, 0.6) is 5.75 Å². The smallest absolute Gasteiger partial charge is 0.262 e. The molecule has 35 heavy (non-hydrogen) atoms. The van der Waals surface area contributed by atoms with Crippen molar-refractivity contribution in [2.75, 3.05) is 7.11 Å². The Morgan fingerprint density at radius 3 is 2.69 bits per heavy atom. The molecule has 0 aliphatic heterocycles. The van der Waals surface area contributed by atoms with Crippen LogP contribution in [0, 0.1) is 12.7 Å². The van der Waals surface area contributed by atoms with E-state index in [-0.39, 0.29) is 11.7 Å². The number of carbonyl (C=O) groups excluding carboxylic acids is 1. The lowest BCUT2D eigenvalue weighted by atomic mass is 10.0. The number of nitrogens with zero attached hydrogens (tertiary/aromatic N) is 4. The maximum absolute atomic E-state index is 13.5. The van der Waals surface area contributed by atoms with E-state index in [1.54, 1.807) is 25.4 Å². The first kappa shape index (κ1) is 22.8. The van der Waals surface area contributed by atoms with Gasteiger partial charge in [0.15, 0.2) is 0 Å². The molecular formula is C26H24FN5O2S. The van der Waals surface area contributed by atoms with Crippen molar-refractivity contribution in [1.29, 1.82) is 0 Å². The zero-order chi connectivity index (χ0) is 24.5. The number of ether oxygens (including phenoxy) is 1. The van der Waals surface area contributed by atoms with Gasteiger partial charge in [0.25, 0.3) is 5.91 Å². The molecule has 1 amide bonds. The summed E-state index contributed by atoms with van der Waals surface area (Å²) in [6.07, 6.45) is 3.55. The maximum atomic E-state index is 13.5. The Balaban J connectivity index is 1.48. The normalized spacial score (nSPS) is 12.1. The van der Waals surface area contributed by atoms with Crippen LogP contribution in [0.2, 0.25) is 0 Å². The summed E-state index contributed by atoms with van der Waals surface area (Å²) in [4.78, 5) is 19.4. The van der Waals surface area contributed by atoms with Crippen LogP contribution in [0.25, 0.3) is 10.2 Å². The highest BCUT2D eigenvalue weighted by Crippen LogP contribution is 2.32. The first-order chi connectivity index (χ1) is 16.9. The van der Waals surface area contributed by atoms with Gasteiger partial charge in [0, 0.05) is 30.4 Å². The Hall–Kier alpha value is -3.98. The minimum atomic E-state index is -0.499. The SMILES string of the molecule is COc1ccccc1C(NC(=O)c1cc2c(C)nn(Cc3ccc(F)cc3)c2s1)c1nccn1C. The molecule has 0 spiro atoms. The molecule has 5 aromatic rings. The molecule has 2 aromatic carbocycles. The highest BCUT2D eigenvalue weighted by atomic mass is 32.1. The van der Waals surface area contributed by atoms with Crippen LogP contribution in [-0.4, -0.2) is 32.3 Å². The van der Waals surface area contributed by atoms with Gasteiger partial charge >= 0.3 is 0 Å². The molecule has 0 fully saturated rings. The predicted molar refractivity (Wildman–Crippen MR) is 133 cm³/mol. The second-order valence-electron chi connectivity index (χ2n) is 8.24. The summed E-state index contributed by atoms with van der Waals surface area (Å²) in [6.45, 7) is 2.41. The Morgan fingerprint density at radius 2 is 1.97 bits per heavy atom. The van der Waals surface area contributed by atoms with Gasteiger partial charge in [-0.2, -0.15) is 5.10 Å². The lowest BCUT2D eigenvalue weighted by Crippen LogP contribution is -2.31. The van der Waals surface area contributed by atoms with Gasteiger partial charge in [-0.1, -0.05) is 30.3 Å². The summed E-state index contributed by atoms with van der Waals surface area (Å²) >= 11 is 1.38. The van der Waals surface area contributed by atoms with Crippen molar-refractivity contribution in [1.82, 2.24) is 24.6 Å². The molecule has 0 bridgehead atoms. The molecule has 3 aromatic heterocycles. The molecule has 0 radical (unpaired) electrons. The summed E-state index contributed by atoms with van der Waals surface area (Å²) in [5.74, 6) is 0.881. The lowest BCUT2D eigenvalue weighted by Gasteiger charge is -2.21. The summed E-state index contributed by atoms with van der Waals surface area (Å²) in [5, 5.41) is 8.70. The number of aromatic nitrogens is 4. The molecule has 0 saturated heterocycles. The fraction of sp³-hybridized carbons (Fsp3) is 0.192. The minimum absolute atomic E-state index is 0.210. The number of halogens is 1. The third-order valence-corrected chi connectivity index (χ3v) is 7.07. The van der Waals surface area contributed by atoms with E-state index in [2.05, 4.69) is 15.4 Å². The highest BCUT2D eigenvalue weighted by molar-refractivity contribution is 7.20. The van der Waals surface area contributed by atoms with Crippen molar-refractivity contribution in [2.24, 2.45) is 7.05 Å². The number of hydrogen-bond donors (Lipinski definition) is 1. The van der Waals surface area contributed by atoms with Crippen LogP contribution in [0.1, 0.15) is 38.4 Å².